The van der Waals surface area contributed by atoms with E-state index >= 15 is 0 Å². The summed E-state index contributed by atoms with van der Waals surface area (Å²) in [7, 11) is 0. The van der Waals surface area contributed by atoms with Crippen molar-refractivity contribution in [3.63, 3.8) is 0 Å². The van der Waals surface area contributed by atoms with Crippen LogP contribution in [0.15, 0.2) is 18.2 Å². The zero-order valence-corrected chi connectivity index (χ0v) is 10.6. The van der Waals surface area contributed by atoms with Crippen molar-refractivity contribution >= 4 is 11.9 Å². The average molecular weight is 267 g/mol. The lowest BCUT2D eigenvalue weighted by molar-refractivity contribution is -0.137. The van der Waals surface area contributed by atoms with Crippen LogP contribution >= 0.6 is 0 Å². The van der Waals surface area contributed by atoms with E-state index < -0.39 is 17.6 Å². The summed E-state index contributed by atoms with van der Waals surface area (Å²) in [6.07, 6.45) is 0.510. The monoisotopic (exact) mass is 267 g/mol. The number of aromatic hydroxyl groups is 2. The molecule has 1 rings (SSSR count). The Morgan fingerprint density at radius 1 is 1.32 bits per heavy atom. The lowest BCUT2D eigenvalue weighted by Gasteiger charge is -2.12. The summed E-state index contributed by atoms with van der Waals surface area (Å²) in [6, 6.07) is 4.13. The van der Waals surface area contributed by atoms with E-state index in [0.29, 0.717) is 13.0 Å². The molecule has 4 N–H and O–H groups in total. The first-order valence-electron chi connectivity index (χ1n) is 5.92. The zero-order valence-electron chi connectivity index (χ0n) is 10.6. The number of phenols is 2. The maximum Gasteiger partial charge on any atom is 0.303 e. The lowest BCUT2D eigenvalue weighted by Crippen LogP contribution is -2.28. The van der Waals surface area contributed by atoms with Crippen LogP contribution in [0.5, 0.6) is 11.5 Å². The van der Waals surface area contributed by atoms with Crippen molar-refractivity contribution in [2.45, 2.75) is 19.8 Å². The summed E-state index contributed by atoms with van der Waals surface area (Å²) < 4.78 is 0. The van der Waals surface area contributed by atoms with Crippen LogP contribution in [0.1, 0.15) is 30.1 Å². The topological polar surface area (TPSA) is 107 Å². The quantitative estimate of drug-likeness (QED) is 0.582. The lowest BCUT2D eigenvalue weighted by atomic mass is 10.1. The highest BCUT2D eigenvalue weighted by Gasteiger charge is 2.14. The predicted octanol–water partition coefficient (Wildman–Crippen LogP) is 1.33. The number of rotatable bonds is 6. The van der Waals surface area contributed by atoms with Crippen LogP contribution in [0.25, 0.3) is 0 Å². The van der Waals surface area contributed by atoms with Gasteiger partial charge in [-0.3, -0.25) is 9.59 Å². The van der Waals surface area contributed by atoms with Gasteiger partial charge in [-0.15, -0.1) is 0 Å². The molecule has 0 bridgehead atoms. The van der Waals surface area contributed by atoms with Gasteiger partial charge in [-0.05, 0) is 24.5 Å². The maximum atomic E-state index is 11.8. The Labute approximate surface area is 110 Å². The second-order valence-corrected chi connectivity index (χ2v) is 4.42. The number of carboxylic acids is 1. The second kappa shape index (κ2) is 6.63. The van der Waals surface area contributed by atoms with E-state index in [1.807, 2.05) is 6.92 Å². The Morgan fingerprint density at radius 3 is 2.63 bits per heavy atom. The van der Waals surface area contributed by atoms with Gasteiger partial charge in [0, 0.05) is 13.0 Å². The normalized spacial score (nSPS) is 11.8. The van der Waals surface area contributed by atoms with E-state index in [1.165, 1.54) is 18.2 Å². The van der Waals surface area contributed by atoms with E-state index in [4.69, 9.17) is 5.11 Å². The van der Waals surface area contributed by atoms with Gasteiger partial charge in [0.1, 0.15) is 0 Å². The average Bonchev–Trinajstić information content (AvgIpc) is 2.36. The Hall–Kier alpha value is -2.24. The van der Waals surface area contributed by atoms with Crippen molar-refractivity contribution < 1.29 is 24.9 Å². The highest BCUT2D eigenvalue weighted by atomic mass is 16.4. The van der Waals surface area contributed by atoms with Crippen molar-refractivity contribution in [1.29, 1.82) is 0 Å². The molecule has 6 heteroatoms. The number of hydrogen-bond donors (Lipinski definition) is 4. The number of benzene rings is 1. The van der Waals surface area contributed by atoms with Gasteiger partial charge < -0.3 is 20.6 Å². The number of carbonyl (C=O) groups excluding carboxylic acids is 1. The molecule has 1 aromatic rings. The van der Waals surface area contributed by atoms with Crippen LogP contribution in [0.3, 0.4) is 0 Å². The molecule has 6 nitrogen and oxygen atoms in total. The highest BCUT2D eigenvalue weighted by Crippen LogP contribution is 2.27. The number of nitrogens with one attached hydrogen (secondary N) is 1. The van der Waals surface area contributed by atoms with E-state index in [-0.39, 0.29) is 23.7 Å². The van der Waals surface area contributed by atoms with Crippen LogP contribution in [-0.4, -0.2) is 33.7 Å². The van der Waals surface area contributed by atoms with Crippen LogP contribution in [0.2, 0.25) is 0 Å². The summed E-state index contributed by atoms with van der Waals surface area (Å²) in [5, 5.41) is 29.9. The molecule has 104 valence electrons. The fourth-order valence-electron chi connectivity index (χ4n) is 1.55. The number of phenolic OH excluding ortho intramolecular Hbond substituents is 2. The third-order valence-corrected chi connectivity index (χ3v) is 2.72. The van der Waals surface area contributed by atoms with Gasteiger partial charge in [-0.25, -0.2) is 0 Å². The minimum Gasteiger partial charge on any atom is -0.504 e. The summed E-state index contributed by atoms with van der Waals surface area (Å²) >= 11 is 0. The first-order valence-corrected chi connectivity index (χ1v) is 5.92. The molecule has 0 saturated carbocycles. The van der Waals surface area contributed by atoms with Crippen molar-refractivity contribution in [2.24, 2.45) is 5.92 Å². The summed E-state index contributed by atoms with van der Waals surface area (Å²) in [5.74, 6) is -2.18. The Kier molecular flexibility index (Phi) is 5.17. The summed E-state index contributed by atoms with van der Waals surface area (Å²) in [5.41, 5.74) is -0.00886. The van der Waals surface area contributed by atoms with Crippen LogP contribution in [-0.2, 0) is 4.79 Å². The number of carboxylic acid groups (broad SMARTS) is 1. The molecule has 1 amide bonds. The summed E-state index contributed by atoms with van der Waals surface area (Å²) in [4.78, 5) is 22.2. The van der Waals surface area contributed by atoms with Crippen LogP contribution in [0, 0.1) is 5.92 Å². The molecule has 19 heavy (non-hydrogen) atoms. The van der Waals surface area contributed by atoms with Gasteiger partial charge in [0.25, 0.3) is 5.91 Å². The smallest absolute Gasteiger partial charge is 0.303 e. The third-order valence-electron chi connectivity index (χ3n) is 2.72. The standard InChI is InChI=1S/C13H17NO5/c1-8(5-6-11(16)17)7-14-13(19)9-3-2-4-10(15)12(9)18/h2-4,8,15,18H,5-7H2,1H3,(H,14,19)(H,16,17). The molecular weight excluding hydrogens is 250 g/mol. The Bertz CT molecular complexity index is 472. The highest BCUT2D eigenvalue weighted by molar-refractivity contribution is 5.97. The molecule has 0 aromatic heterocycles. The first-order chi connectivity index (χ1) is 8.91. The molecule has 0 fully saturated rings. The molecule has 0 heterocycles. The minimum absolute atomic E-state index is 0.00886. The molecule has 1 aromatic carbocycles. The molecule has 1 atom stereocenters. The van der Waals surface area contributed by atoms with Gasteiger partial charge in [0.2, 0.25) is 0 Å². The third kappa shape index (κ3) is 4.50. The Morgan fingerprint density at radius 2 is 2.00 bits per heavy atom. The molecule has 0 radical (unpaired) electrons. The van der Waals surface area contributed by atoms with Gasteiger partial charge in [0.05, 0.1) is 5.56 Å². The van der Waals surface area contributed by atoms with E-state index in [2.05, 4.69) is 5.32 Å². The van der Waals surface area contributed by atoms with Crippen molar-refractivity contribution in [1.82, 2.24) is 5.32 Å². The maximum absolute atomic E-state index is 11.8. The van der Waals surface area contributed by atoms with Crippen LogP contribution in [0.4, 0.5) is 0 Å². The SMILES string of the molecule is CC(CCC(=O)O)CNC(=O)c1cccc(O)c1O. The molecular formula is C13H17NO5. The number of carbonyl (C=O) groups is 2. The van der Waals surface area contributed by atoms with Gasteiger partial charge >= 0.3 is 5.97 Å². The molecule has 0 aliphatic heterocycles. The van der Waals surface area contributed by atoms with E-state index in [1.54, 1.807) is 0 Å². The Balaban J connectivity index is 2.51. The van der Waals surface area contributed by atoms with Gasteiger partial charge in [0.15, 0.2) is 11.5 Å². The molecule has 0 aliphatic rings. The number of hydrogen-bond acceptors (Lipinski definition) is 4. The van der Waals surface area contributed by atoms with Gasteiger partial charge in [-0.2, -0.15) is 0 Å². The van der Waals surface area contributed by atoms with Crippen molar-refractivity contribution in [3.05, 3.63) is 23.8 Å². The number of aliphatic carboxylic acids is 1. The fourth-order valence-corrected chi connectivity index (χ4v) is 1.55. The first kappa shape index (κ1) is 14.8. The minimum atomic E-state index is -0.871. The predicted molar refractivity (Wildman–Crippen MR) is 68.1 cm³/mol. The van der Waals surface area contributed by atoms with E-state index in [9.17, 15) is 19.8 Å². The molecule has 0 saturated heterocycles. The summed E-state index contributed by atoms with van der Waals surface area (Å²) in [6.45, 7) is 2.13. The molecule has 1 unspecified atom stereocenters. The van der Waals surface area contributed by atoms with E-state index in [0.717, 1.165) is 0 Å². The van der Waals surface area contributed by atoms with Crippen molar-refractivity contribution in [2.75, 3.05) is 6.54 Å². The zero-order chi connectivity index (χ0) is 14.4. The second-order valence-electron chi connectivity index (χ2n) is 4.42. The van der Waals surface area contributed by atoms with Gasteiger partial charge in [-0.1, -0.05) is 13.0 Å². The number of para-hydroxylation sites is 1. The van der Waals surface area contributed by atoms with Crippen molar-refractivity contribution in [3.8, 4) is 11.5 Å². The largest absolute Gasteiger partial charge is 0.504 e. The fraction of sp³-hybridized carbons (Fsp3) is 0.385. The van der Waals surface area contributed by atoms with Crippen LogP contribution < -0.4 is 5.32 Å². The number of amides is 1. The molecule has 0 aliphatic carbocycles. The molecule has 0 spiro atoms.